The fraction of sp³-hybridized carbons (Fsp3) is 0.929. The topological polar surface area (TPSA) is 52.6 Å². The first kappa shape index (κ1) is 30.9. The highest BCUT2D eigenvalue weighted by Gasteiger charge is 2.12. The van der Waals surface area contributed by atoms with E-state index in [2.05, 4.69) is 13.8 Å². The first-order chi connectivity index (χ1) is 15.6. The summed E-state index contributed by atoms with van der Waals surface area (Å²) in [6.45, 7) is 6.89. The number of carbonyl (C=O) groups is 2. The molecule has 0 aliphatic heterocycles. The summed E-state index contributed by atoms with van der Waals surface area (Å²) in [5.41, 5.74) is 0. The average molecular weight is 455 g/mol. The number of hydrogen-bond donors (Lipinski definition) is 0. The molecule has 0 aliphatic carbocycles. The molecule has 0 bridgehead atoms. The van der Waals surface area contributed by atoms with Gasteiger partial charge in [0.25, 0.3) is 0 Å². The predicted molar refractivity (Wildman–Crippen MR) is 135 cm³/mol. The van der Waals surface area contributed by atoms with Crippen LogP contribution in [0, 0.1) is 0 Å². The van der Waals surface area contributed by atoms with E-state index in [-0.39, 0.29) is 30.9 Å². The van der Waals surface area contributed by atoms with Crippen LogP contribution in [0.2, 0.25) is 0 Å². The molecule has 190 valence electrons. The predicted octanol–water partition coefficient (Wildman–Crippen LogP) is 8.69. The highest BCUT2D eigenvalue weighted by atomic mass is 16.5. The van der Waals surface area contributed by atoms with Gasteiger partial charge in [0.15, 0.2) is 0 Å². The SMILES string of the molecule is CCCCCCCCCCCCCCOC(=O)CCC(=O)OC(C)CCCCCCCC. The summed E-state index contributed by atoms with van der Waals surface area (Å²) < 4.78 is 10.7. The van der Waals surface area contributed by atoms with Gasteiger partial charge >= 0.3 is 11.9 Å². The van der Waals surface area contributed by atoms with Crippen LogP contribution in [-0.2, 0) is 19.1 Å². The first-order valence-electron chi connectivity index (χ1n) is 13.9. The zero-order chi connectivity index (χ0) is 23.7. The molecular formula is C28H54O4. The van der Waals surface area contributed by atoms with E-state index in [0.29, 0.717) is 6.61 Å². The van der Waals surface area contributed by atoms with Crippen LogP contribution in [0.4, 0.5) is 0 Å². The van der Waals surface area contributed by atoms with Gasteiger partial charge in [-0.05, 0) is 26.2 Å². The number of rotatable bonds is 24. The second-order valence-electron chi connectivity index (χ2n) is 9.47. The Hall–Kier alpha value is -1.06. The van der Waals surface area contributed by atoms with Crippen molar-refractivity contribution in [2.75, 3.05) is 6.61 Å². The van der Waals surface area contributed by atoms with Gasteiger partial charge in [0, 0.05) is 0 Å². The molecule has 4 heteroatoms. The quantitative estimate of drug-likeness (QED) is 0.108. The minimum absolute atomic E-state index is 0.0641. The van der Waals surface area contributed by atoms with Gasteiger partial charge in [-0.3, -0.25) is 9.59 Å². The summed E-state index contributed by atoms with van der Waals surface area (Å²) in [5, 5.41) is 0. The van der Waals surface area contributed by atoms with Gasteiger partial charge in [0.1, 0.15) is 0 Å². The highest BCUT2D eigenvalue weighted by molar-refractivity contribution is 5.77. The normalized spacial score (nSPS) is 12.0. The van der Waals surface area contributed by atoms with E-state index < -0.39 is 0 Å². The molecule has 0 amide bonds. The zero-order valence-electron chi connectivity index (χ0n) is 21.8. The maximum Gasteiger partial charge on any atom is 0.306 e. The molecule has 0 heterocycles. The number of hydrogen-bond acceptors (Lipinski definition) is 4. The van der Waals surface area contributed by atoms with Gasteiger partial charge in [-0.2, -0.15) is 0 Å². The van der Waals surface area contributed by atoms with Gasteiger partial charge < -0.3 is 9.47 Å². The van der Waals surface area contributed by atoms with E-state index in [0.717, 1.165) is 25.7 Å². The van der Waals surface area contributed by atoms with Crippen LogP contribution in [-0.4, -0.2) is 24.6 Å². The van der Waals surface area contributed by atoms with Gasteiger partial charge in [0.2, 0.25) is 0 Å². The summed E-state index contributed by atoms with van der Waals surface area (Å²) >= 11 is 0. The molecule has 0 rings (SSSR count). The number of esters is 2. The molecule has 4 nitrogen and oxygen atoms in total. The molecule has 1 unspecified atom stereocenters. The Morgan fingerprint density at radius 3 is 1.47 bits per heavy atom. The second-order valence-corrected chi connectivity index (χ2v) is 9.47. The van der Waals surface area contributed by atoms with Crippen LogP contribution < -0.4 is 0 Å². The average Bonchev–Trinajstić information content (AvgIpc) is 2.78. The van der Waals surface area contributed by atoms with Crippen molar-refractivity contribution in [2.45, 2.75) is 162 Å². The molecule has 0 aromatic carbocycles. The zero-order valence-corrected chi connectivity index (χ0v) is 21.8. The Morgan fingerprint density at radius 2 is 0.969 bits per heavy atom. The molecular weight excluding hydrogens is 400 g/mol. The molecule has 32 heavy (non-hydrogen) atoms. The van der Waals surface area contributed by atoms with Crippen LogP contribution in [0.25, 0.3) is 0 Å². The van der Waals surface area contributed by atoms with E-state index in [1.165, 1.54) is 96.3 Å². The van der Waals surface area contributed by atoms with Crippen LogP contribution in [0.15, 0.2) is 0 Å². The minimum Gasteiger partial charge on any atom is -0.466 e. The van der Waals surface area contributed by atoms with Gasteiger partial charge in [-0.1, -0.05) is 117 Å². The molecule has 0 aromatic rings. The summed E-state index contributed by atoms with van der Waals surface area (Å²) in [5.74, 6) is -0.570. The summed E-state index contributed by atoms with van der Waals surface area (Å²) in [4.78, 5) is 23.7. The van der Waals surface area contributed by atoms with Crippen molar-refractivity contribution in [3.05, 3.63) is 0 Å². The van der Waals surface area contributed by atoms with Crippen LogP contribution in [0.3, 0.4) is 0 Å². The number of ether oxygens (including phenoxy) is 2. The number of unbranched alkanes of at least 4 members (excludes halogenated alkanes) is 16. The molecule has 0 aromatic heterocycles. The monoisotopic (exact) mass is 454 g/mol. The van der Waals surface area contributed by atoms with Crippen molar-refractivity contribution >= 4 is 11.9 Å². The third-order valence-electron chi connectivity index (χ3n) is 6.09. The molecule has 1 atom stereocenters. The van der Waals surface area contributed by atoms with Gasteiger partial charge in [-0.15, -0.1) is 0 Å². The standard InChI is InChI=1S/C28H54O4/c1-4-6-8-10-12-13-14-15-16-17-19-21-25-31-27(29)23-24-28(30)32-26(3)22-20-18-11-9-7-5-2/h26H,4-25H2,1-3H3. The van der Waals surface area contributed by atoms with Crippen molar-refractivity contribution in [3.8, 4) is 0 Å². The Morgan fingerprint density at radius 1 is 0.562 bits per heavy atom. The number of carbonyl (C=O) groups excluding carboxylic acids is 2. The molecule has 0 aliphatic rings. The molecule has 0 spiro atoms. The smallest absolute Gasteiger partial charge is 0.306 e. The highest BCUT2D eigenvalue weighted by Crippen LogP contribution is 2.13. The maximum atomic E-state index is 11.9. The van der Waals surface area contributed by atoms with Crippen molar-refractivity contribution < 1.29 is 19.1 Å². The van der Waals surface area contributed by atoms with E-state index in [4.69, 9.17) is 9.47 Å². The Labute approximate surface area is 199 Å². The lowest BCUT2D eigenvalue weighted by molar-refractivity contribution is -0.153. The molecule has 0 saturated heterocycles. The lowest BCUT2D eigenvalue weighted by Gasteiger charge is -2.13. The van der Waals surface area contributed by atoms with Gasteiger partial charge in [0.05, 0.1) is 25.6 Å². The van der Waals surface area contributed by atoms with E-state index in [1.54, 1.807) is 0 Å². The molecule has 0 radical (unpaired) electrons. The van der Waals surface area contributed by atoms with Crippen LogP contribution >= 0.6 is 0 Å². The maximum absolute atomic E-state index is 11.9. The van der Waals surface area contributed by atoms with Crippen LogP contribution in [0.1, 0.15) is 156 Å². The lowest BCUT2D eigenvalue weighted by Crippen LogP contribution is -2.16. The summed E-state index contributed by atoms with van der Waals surface area (Å²) in [7, 11) is 0. The summed E-state index contributed by atoms with van der Waals surface area (Å²) in [6, 6.07) is 0. The Balaban J connectivity index is 3.41. The third kappa shape index (κ3) is 23.6. The lowest BCUT2D eigenvalue weighted by atomic mass is 10.1. The van der Waals surface area contributed by atoms with E-state index >= 15 is 0 Å². The Kier molecular flexibility index (Phi) is 23.8. The molecule has 0 N–H and O–H groups in total. The van der Waals surface area contributed by atoms with E-state index in [1.807, 2.05) is 6.92 Å². The first-order valence-corrected chi connectivity index (χ1v) is 13.9. The largest absolute Gasteiger partial charge is 0.466 e. The molecule has 0 saturated carbocycles. The minimum atomic E-state index is -0.286. The van der Waals surface area contributed by atoms with E-state index in [9.17, 15) is 9.59 Å². The van der Waals surface area contributed by atoms with Crippen molar-refractivity contribution in [1.82, 2.24) is 0 Å². The van der Waals surface area contributed by atoms with Gasteiger partial charge in [-0.25, -0.2) is 0 Å². The van der Waals surface area contributed by atoms with Crippen molar-refractivity contribution in [3.63, 3.8) is 0 Å². The second kappa shape index (κ2) is 24.6. The Bertz CT molecular complexity index is 422. The summed E-state index contributed by atoms with van der Waals surface area (Å²) in [6.07, 6.45) is 24.0. The third-order valence-corrected chi connectivity index (χ3v) is 6.09. The van der Waals surface area contributed by atoms with Crippen molar-refractivity contribution in [1.29, 1.82) is 0 Å². The van der Waals surface area contributed by atoms with Crippen LogP contribution in [0.5, 0.6) is 0 Å². The fourth-order valence-corrected chi connectivity index (χ4v) is 3.96. The fourth-order valence-electron chi connectivity index (χ4n) is 3.96. The van der Waals surface area contributed by atoms with Crippen molar-refractivity contribution in [2.24, 2.45) is 0 Å². The molecule has 0 fully saturated rings.